The van der Waals surface area contributed by atoms with E-state index in [-0.39, 0.29) is 19.1 Å². The third kappa shape index (κ3) is 7.80. The molecule has 0 amide bonds. The number of rotatable bonds is 10. The minimum Gasteiger partial charge on any atom is -0.480 e. The average Bonchev–Trinajstić information content (AvgIpc) is 2.44. The number of nitrogens with one attached hydrogen (secondary N) is 1. The van der Waals surface area contributed by atoms with Gasteiger partial charge in [0.1, 0.15) is 6.04 Å². The lowest BCUT2D eigenvalue weighted by Crippen LogP contribution is -2.42. The van der Waals surface area contributed by atoms with E-state index in [2.05, 4.69) is 5.32 Å². The lowest BCUT2D eigenvalue weighted by Gasteiger charge is -2.19. The molecule has 1 aromatic carbocycles. The molecule has 0 radical (unpaired) electrons. The van der Waals surface area contributed by atoms with E-state index in [1.165, 1.54) is 0 Å². The maximum absolute atomic E-state index is 11.1. The van der Waals surface area contributed by atoms with E-state index in [1.807, 2.05) is 44.2 Å². The molecule has 0 spiro atoms. The van der Waals surface area contributed by atoms with Gasteiger partial charge in [-0.05, 0) is 17.9 Å². The van der Waals surface area contributed by atoms with Crippen molar-refractivity contribution in [2.45, 2.75) is 39.0 Å². The highest BCUT2D eigenvalue weighted by Gasteiger charge is 2.19. The summed E-state index contributed by atoms with van der Waals surface area (Å²) in [5.74, 6) is -0.605. The van der Waals surface area contributed by atoms with Crippen molar-refractivity contribution in [3.05, 3.63) is 35.9 Å². The number of hydrogen-bond donors (Lipinski definition) is 3. The van der Waals surface area contributed by atoms with E-state index in [4.69, 9.17) is 9.84 Å². The Bertz CT molecular complexity index is 408. The number of hydrogen-bond acceptors (Lipinski definition) is 4. The van der Waals surface area contributed by atoms with Crippen LogP contribution >= 0.6 is 0 Å². The van der Waals surface area contributed by atoms with Crippen LogP contribution in [0.2, 0.25) is 0 Å². The zero-order valence-electron chi connectivity index (χ0n) is 12.7. The number of benzene rings is 1. The summed E-state index contributed by atoms with van der Waals surface area (Å²) in [4.78, 5) is 11.1. The second kappa shape index (κ2) is 9.50. The molecule has 3 N–H and O–H groups in total. The second-order valence-electron chi connectivity index (χ2n) is 5.58. The van der Waals surface area contributed by atoms with Crippen molar-refractivity contribution < 1.29 is 19.7 Å². The Morgan fingerprint density at radius 2 is 1.95 bits per heavy atom. The van der Waals surface area contributed by atoms with E-state index in [0.717, 1.165) is 5.56 Å². The summed E-state index contributed by atoms with van der Waals surface area (Å²) in [7, 11) is 0. The summed E-state index contributed by atoms with van der Waals surface area (Å²) >= 11 is 0. The van der Waals surface area contributed by atoms with Crippen molar-refractivity contribution in [1.82, 2.24) is 5.32 Å². The maximum Gasteiger partial charge on any atom is 0.320 e. The van der Waals surface area contributed by atoms with Crippen LogP contribution in [0.25, 0.3) is 0 Å². The summed E-state index contributed by atoms with van der Waals surface area (Å²) in [5, 5.41) is 21.8. The summed E-state index contributed by atoms with van der Waals surface area (Å²) in [6, 6.07) is 9.07. The van der Waals surface area contributed by atoms with Crippen LogP contribution in [0, 0.1) is 5.92 Å². The fourth-order valence-electron chi connectivity index (χ4n) is 1.97. The normalized spacial score (nSPS) is 14.1. The van der Waals surface area contributed by atoms with Crippen LogP contribution in [0.1, 0.15) is 25.8 Å². The van der Waals surface area contributed by atoms with Crippen molar-refractivity contribution >= 4 is 5.97 Å². The van der Waals surface area contributed by atoms with Gasteiger partial charge in [0.15, 0.2) is 0 Å². The van der Waals surface area contributed by atoms with Gasteiger partial charge in [-0.3, -0.25) is 4.79 Å². The summed E-state index contributed by atoms with van der Waals surface area (Å²) < 4.78 is 5.42. The number of ether oxygens (including phenoxy) is 1. The molecule has 2 atom stereocenters. The predicted octanol–water partition coefficient (Wildman–Crippen LogP) is 1.65. The van der Waals surface area contributed by atoms with Crippen LogP contribution in [-0.2, 0) is 16.1 Å². The fourth-order valence-corrected chi connectivity index (χ4v) is 1.97. The Balaban J connectivity index is 2.23. The highest BCUT2D eigenvalue weighted by atomic mass is 16.5. The van der Waals surface area contributed by atoms with Crippen LogP contribution in [0.3, 0.4) is 0 Å². The first-order chi connectivity index (χ1) is 9.99. The van der Waals surface area contributed by atoms with Crippen LogP contribution < -0.4 is 5.32 Å². The van der Waals surface area contributed by atoms with Crippen molar-refractivity contribution in [1.29, 1.82) is 0 Å². The van der Waals surface area contributed by atoms with Crippen LogP contribution in [-0.4, -0.2) is 41.5 Å². The molecule has 21 heavy (non-hydrogen) atoms. The second-order valence-corrected chi connectivity index (χ2v) is 5.58. The van der Waals surface area contributed by atoms with Gasteiger partial charge in [0.25, 0.3) is 0 Å². The standard InChI is InChI=1S/C16H25NO4/c1-12(2)8-15(16(19)20)17-9-14(18)11-21-10-13-6-4-3-5-7-13/h3-7,12,14-15,17-18H,8-11H2,1-2H3,(H,19,20). The van der Waals surface area contributed by atoms with E-state index in [0.29, 0.717) is 13.0 Å². The predicted molar refractivity (Wildman–Crippen MR) is 81.0 cm³/mol. The van der Waals surface area contributed by atoms with Crippen molar-refractivity contribution in [3.8, 4) is 0 Å². The molecule has 118 valence electrons. The highest BCUT2D eigenvalue weighted by Crippen LogP contribution is 2.05. The largest absolute Gasteiger partial charge is 0.480 e. The molecular weight excluding hydrogens is 270 g/mol. The number of aliphatic carboxylic acids is 1. The topological polar surface area (TPSA) is 78.8 Å². The van der Waals surface area contributed by atoms with Gasteiger partial charge in [0, 0.05) is 6.54 Å². The van der Waals surface area contributed by atoms with Crippen LogP contribution in [0.4, 0.5) is 0 Å². The third-order valence-corrected chi connectivity index (χ3v) is 3.03. The smallest absolute Gasteiger partial charge is 0.320 e. The minimum absolute atomic E-state index is 0.176. The molecule has 0 bridgehead atoms. The Labute approximate surface area is 125 Å². The lowest BCUT2D eigenvalue weighted by molar-refractivity contribution is -0.140. The molecule has 0 saturated heterocycles. The quantitative estimate of drug-likeness (QED) is 0.612. The van der Waals surface area contributed by atoms with Gasteiger partial charge in [0.2, 0.25) is 0 Å². The van der Waals surface area contributed by atoms with Gasteiger partial charge >= 0.3 is 5.97 Å². The lowest BCUT2D eigenvalue weighted by atomic mass is 10.0. The Hall–Kier alpha value is -1.43. The van der Waals surface area contributed by atoms with Crippen molar-refractivity contribution in [3.63, 3.8) is 0 Å². The SMILES string of the molecule is CC(C)CC(NCC(O)COCc1ccccc1)C(=O)O. The maximum atomic E-state index is 11.1. The number of aliphatic hydroxyl groups excluding tert-OH is 1. The molecule has 0 aliphatic heterocycles. The van der Waals surface area contributed by atoms with Gasteiger partial charge in [0.05, 0.1) is 19.3 Å². The molecule has 1 rings (SSSR count). The average molecular weight is 295 g/mol. The van der Waals surface area contributed by atoms with E-state index >= 15 is 0 Å². The summed E-state index contributed by atoms with van der Waals surface area (Å²) in [5.41, 5.74) is 1.04. The molecule has 0 heterocycles. The Kier molecular flexibility index (Phi) is 7.97. The van der Waals surface area contributed by atoms with Gasteiger partial charge in [-0.25, -0.2) is 0 Å². The highest BCUT2D eigenvalue weighted by molar-refractivity contribution is 5.73. The summed E-state index contributed by atoms with van der Waals surface area (Å²) in [6.07, 6.45) is -0.185. The van der Waals surface area contributed by atoms with Crippen LogP contribution in [0.15, 0.2) is 30.3 Å². The molecule has 0 aromatic heterocycles. The van der Waals surface area contributed by atoms with Gasteiger partial charge in [-0.1, -0.05) is 44.2 Å². The van der Waals surface area contributed by atoms with Gasteiger partial charge in [-0.2, -0.15) is 0 Å². The number of carboxylic acids is 1. The number of aliphatic hydroxyl groups is 1. The molecule has 0 fully saturated rings. The molecule has 0 aliphatic carbocycles. The van der Waals surface area contributed by atoms with E-state index in [1.54, 1.807) is 0 Å². The monoisotopic (exact) mass is 295 g/mol. The molecule has 5 heteroatoms. The first-order valence-corrected chi connectivity index (χ1v) is 7.25. The zero-order chi connectivity index (χ0) is 15.7. The first-order valence-electron chi connectivity index (χ1n) is 7.25. The first kappa shape index (κ1) is 17.6. The number of carboxylic acid groups (broad SMARTS) is 1. The summed E-state index contributed by atoms with van der Waals surface area (Å²) in [6.45, 7) is 4.76. The van der Waals surface area contributed by atoms with E-state index < -0.39 is 18.1 Å². The van der Waals surface area contributed by atoms with Gasteiger partial charge in [-0.15, -0.1) is 0 Å². The molecule has 2 unspecified atom stereocenters. The van der Waals surface area contributed by atoms with Crippen molar-refractivity contribution in [2.75, 3.05) is 13.2 Å². The van der Waals surface area contributed by atoms with E-state index in [9.17, 15) is 9.90 Å². The van der Waals surface area contributed by atoms with Crippen LogP contribution in [0.5, 0.6) is 0 Å². The molecule has 1 aromatic rings. The molecular formula is C16H25NO4. The fraction of sp³-hybridized carbons (Fsp3) is 0.562. The van der Waals surface area contributed by atoms with Gasteiger partial charge < -0.3 is 20.3 Å². The van der Waals surface area contributed by atoms with Crippen molar-refractivity contribution in [2.24, 2.45) is 5.92 Å². The minimum atomic E-state index is -0.888. The Morgan fingerprint density at radius 1 is 1.29 bits per heavy atom. The number of carbonyl (C=O) groups is 1. The molecule has 0 aliphatic rings. The molecule has 0 saturated carbocycles. The third-order valence-electron chi connectivity index (χ3n) is 3.03. The Morgan fingerprint density at radius 3 is 2.52 bits per heavy atom. The molecule has 5 nitrogen and oxygen atoms in total. The zero-order valence-corrected chi connectivity index (χ0v) is 12.7.